The SMILES string of the molecule is CCC(=O)CCC(=O)CCc1ccc(CC(N)C(=O)O)cc1. The van der Waals surface area contributed by atoms with Gasteiger partial charge in [0.05, 0.1) is 0 Å². The second-order valence-corrected chi connectivity index (χ2v) is 5.40. The second-order valence-electron chi connectivity index (χ2n) is 5.40. The van der Waals surface area contributed by atoms with Crippen LogP contribution in [0.25, 0.3) is 0 Å². The number of ketones is 2. The van der Waals surface area contributed by atoms with Crippen molar-refractivity contribution in [3.63, 3.8) is 0 Å². The summed E-state index contributed by atoms with van der Waals surface area (Å²) in [6.07, 6.45) is 2.47. The third kappa shape index (κ3) is 6.63. The van der Waals surface area contributed by atoms with Gasteiger partial charge in [-0.25, -0.2) is 0 Å². The van der Waals surface area contributed by atoms with Crippen LogP contribution in [0.4, 0.5) is 0 Å². The Morgan fingerprint density at radius 3 is 2.09 bits per heavy atom. The fourth-order valence-corrected chi connectivity index (χ4v) is 2.05. The molecule has 1 atom stereocenters. The standard InChI is InChI=1S/C17H23NO4/c1-2-14(19)9-10-15(20)8-7-12-3-5-13(6-4-12)11-16(18)17(21)22/h3-6,16H,2,7-11,18H2,1H3,(H,21,22). The Hall–Kier alpha value is -2.01. The first-order valence-corrected chi connectivity index (χ1v) is 7.52. The number of hydrogen-bond donors (Lipinski definition) is 2. The van der Waals surface area contributed by atoms with Gasteiger partial charge >= 0.3 is 5.97 Å². The number of carbonyl (C=O) groups excluding carboxylic acids is 2. The normalized spacial score (nSPS) is 11.9. The topological polar surface area (TPSA) is 97.5 Å². The van der Waals surface area contributed by atoms with Gasteiger partial charge in [0.25, 0.3) is 0 Å². The number of carboxylic acids is 1. The molecular weight excluding hydrogens is 282 g/mol. The van der Waals surface area contributed by atoms with Gasteiger partial charge in [-0.05, 0) is 24.0 Å². The highest BCUT2D eigenvalue weighted by Crippen LogP contribution is 2.10. The van der Waals surface area contributed by atoms with E-state index in [0.29, 0.717) is 32.1 Å². The van der Waals surface area contributed by atoms with Crippen molar-refractivity contribution in [1.29, 1.82) is 0 Å². The zero-order valence-electron chi connectivity index (χ0n) is 12.9. The third-order valence-corrected chi connectivity index (χ3v) is 3.57. The summed E-state index contributed by atoms with van der Waals surface area (Å²) in [5, 5.41) is 8.76. The maximum absolute atomic E-state index is 11.7. The molecule has 0 bridgehead atoms. The zero-order chi connectivity index (χ0) is 16.5. The first-order chi connectivity index (χ1) is 10.4. The summed E-state index contributed by atoms with van der Waals surface area (Å²) in [5.74, 6) is -0.803. The molecule has 0 aliphatic rings. The van der Waals surface area contributed by atoms with Crippen LogP contribution in [0.2, 0.25) is 0 Å². The lowest BCUT2D eigenvalue weighted by Gasteiger charge is -2.07. The smallest absolute Gasteiger partial charge is 0.320 e. The molecule has 1 aromatic rings. The molecule has 0 saturated carbocycles. The largest absolute Gasteiger partial charge is 0.480 e. The molecule has 5 nitrogen and oxygen atoms in total. The molecule has 3 N–H and O–H groups in total. The molecule has 0 spiro atoms. The van der Waals surface area contributed by atoms with E-state index in [1.165, 1.54) is 0 Å². The van der Waals surface area contributed by atoms with Gasteiger partial charge in [-0.1, -0.05) is 31.2 Å². The molecule has 5 heteroatoms. The molecule has 0 heterocycles. The highest BCUT2D eigenvalue weighted by molar-refractivity contribution is 5.85. The maximum atomic E-state index is 11.7. The van der Waals surface area contributed by atoms with E-state index in [1.54, 1.807) is 6.92 Å². The van der Waals surface area contributed by atoms with Crippen LogP contribution in [-0.2, 0) is 27.2 Å². The Morgan fingerprint density at radius 2 is 1.55 bits per heavy atom. The lowest BCUT2D eigenvalue weighted by Crippen LogP contribution is -2.32. The summed E-state index contributed by atoms with van der Waals surface area (Å²) in [5.41, 5.74) is 7.36. The van der Waals surface area contributed by atoms with Crippen molar-refractivity contribution in [2.45, 2.75) is 51.5 Å². The van der Waals surface area contributed by atoms with Gasteiger partial charge in [-0.15, -0.1) is 0 Å². The number of rotatable bonds is 10. The first kappa shape index (κ1) is 18.0. The fourth-order valence-electron chi connectivity index (χ4n) is 2.05. The molecule has 1 rings (SSSR count). The molecule has 0 radical (unpaired) electrons. The molecular formula is C17H23NO4. The average molecular weight is 305 g/mol. The Kier molecular flexibility index (Phi) is 7.46. The summed E-state index contributed by atoms with van der Waals surface area (Å²) in [6, 6.07) is 6.54. The monoisotopic (exact) mass is 305 g/mol. The number of carbonyl (C=O) groups is 3. The van der Waals surface area contributed by atoms with Crippen molar-refractivity contribution in [3.05, 3.63) is 35.4 Å². The van der Waals surface area contributed by atoms with Crippen LogP contribution in [0.15, 0.2) is 24.3 Å². The number of aryl methyl sites for hydroxylation is 1. The molecule has 0 saturated heterocycles. The molecule has 22 heavy (non-hydrogen) atoms. The summed E-state index contributed by atoms with van der Waals surface area (Å²) >= 11 is 0. The quantitative estimate of drug-likeness (QED) is 0.688. The Bertz CT molecular complexity index is 522. The van der Waals surface area contributed by atoms with E-state index in [2.05, 4.69) is 0 Å². The number of nitrogens with two attached hydrogens (primary N) is 1. The average Bonchev–Trinajstić information content (AvgIpc) is 2.51. The minimum absolute atomic E-state index is 0.0961. The maximum Gasteiger partial charge on any atom is 0.320 e. The van der Waals surface area contributed by atoms with Gasteiger partial charge in [0.2, 0.25) is 0 Å². The summed E-state index contributed by atoms with van der Waals surface area (Å²) in [4.78, 5) is 33.5. The predicted molar refractivity (Wildman–Crippen MR) is 83.6 cm³/mol. The number of aliphatic carboxylic acids is 1. The van der Waals surface area contributed by atoms with E-state index >= 15 is 0 Å². The van der Waals surface area contributed by atoms with E-state index in [1.807, 2.05) is 24.3 Å². The molecule has 1 unspecified atom stereocenters. The zero-order valence-corrected chi connectivity index (χ0v) is 12.9. The van der Waals surface area contributed by atoms with Gasteiger partial charge in [-0.3, -0.25) is 14.4 Å². The molecule has 0 fully saturated rings. The fraction of sp³-hybridized carbons (Fsp3) is 0.471. The highest BCUT2D eigenvalue weighted by Gasteiger charge is 2.12. The van der Waals surface area contributed by atoms with E-state index in [-0.39, 0.29) is 18.0 Å². The minimum atomic E-state index is -1.02. The predicted octanol–water partition coefficient (Wildman–Crippen LogP) is 1.90. The highest BCUT2D eigenvalue weighted by atomic mass is 16.4. The van der Waals surface area contributed by atoms with E-state index in [9.17, 15) is 14.4 Å². The van der Waals surface area contributed by atoms with Crippen molar-refractivity contribution in [2.75, 3.05) is 0 Å². The van der Waals surface area contributed by atoms with E-state index in [4.69, 9.17) is 10.8 Å². The molecule has 0 aliphatic carbocycles. The Balaban J connectivity index is 2.39. The van der Waals surface area contributed by atoms with Crippen molar-refractivity contribution < 1.29 is 19.5 Å². The van der Waals surface area contributed by atoms with Gasteiger partial charge in [0.15, 0.2) is 0 Å². The van der Waals surface area contributed by atoms with Crippen LogP contribution >= 0.6 is 0 Å². The van der Waals surface area contributed by atoms with Gasteiger partial charge < -0.3 is 10.8 Å². The lowest BCUT2D eigenvalue weighted by atomic mass is 10.0. The second kappa shape index (κ2) is 9.10. The Labute approximate surface area is 130 Å². The molecule has 0 aliphatic heterocycles. The molecule has 0 amide bonds. The van der Waals surface area contributed by atoms with Crippen LogP contribution in [0.1, 0.15) is 43.7 Å². The first-order valence-electron chi connectivity index (χ1n) is 7.52. The van der Waals surface area contributed by atoms with Crippen LogP contribution < -0.4 is 5.73 Å². The number of carboxylic acid groups (broad SMARTS) is 1. The summed E-state index contributed by atoms with van der Waals surface area (Å²) in [7, 11) is 0. The van der Waals surface area contributed by atoms with Crippen LogP contribution in [0.5, 0.6) is 0 Å². The molecule has 0 aromatic heterocycles. The van der Waals surface area contributed by atoms with Gasteiger partial charge in [-0.2, -0.15) is 0 Å². The van der Waals surface area contributed by atoms with E-state index < -0.39 is 12.0 Å². The van der Waals surface area contributed by atoms with Gasteiger partial charge in [0, 0.05) is 25.7 Å². The number of hydrogen-bond acceptors (Lipinski definition) is 4. The van der Waals surface area contributed by atoms with Crippen molar-refractivity contribution in [1.82, 2.24) is 0 Å². The number of Topliss-reactive ketones (excluding diaryl/α,β-unsaturated/α-hetero) is 2. The molecule has 120 valence electrons. The van der Waals surface area contributed by atoms with Crippen LogP contribution in [0.3, 0.4) is 0 Å². The number of benzene rings is 1. The van der Waals surface area contributed by atoms with Crippen LogP contribution in [-0.4, -0.2) is 28.7 Å². The lowest BCUT2D eigenvalue weighted by molar-refractivity contribution is -0.138. The van der Waals surface area contributed by atoms with Gasteiger partial charge in [0.1, 0.15) is 17.6 Å². The minimum Gasteiger partial charge on any atom is -0.480 e. The van der Waals surface area contributed by atoms with Crippen LogP contribution in [0, 0.1) is 0 Å². The summed E-state index contributed by atoms with van der Waals surface area (Å²) < 4.78 is 0. The summed E-state index contributed by atoms with van der Waals surface area (Å²) in [6.45, 7) is 1.80. The van der Waals surface area contributed by atoms with Crippen molar-refractivity contribution in [3.8, 4) is 0 Å². The Morgan fingerprint density at radius 1 is 1.00 bits per heavy atom. The molecule has 1 aromatic carbocycles. The van der Waals surface area contributed by atoms with Crippen molar-refractivity contribution >= 4 is 17.5 Å². The van der Waals surface area contributed by atoms with E-state index in [0.717, 1.165) is 11.1 Å². The third-order valence-electron chi connectivity index (χ3n) is 3.57. The van der Waals surface area contributed by atoms with Crippen molar-refractivity contribution in [2.24, 2.45) is 5.73 Å².